The van der Waals surface area contributed by atoms with Gasteiger partial charge in [0.1, 0.15) is 5.41 Å². The summed E-state index contributed by atoms with van der Waals surface area (Å²) in [7, 11) is 0. The van der Waals surface area contributed by atoms with Gasteiger partial charge in [-0.05, 0) is 19.8 Å². The molecule has 1 saturated heterocycles. The molecule has 0 aromatic heterocycles. The Morgan fingerprint density at radius 1 is 1.16 bits per heavy atom. The summed E-state index contributed by atoms with van der Waals surface area (Å²) in [6, 6.07) is -0.863. The van der Waals surface area contributed by atoms with Crippen molar-refractivity contribution in [3.63, 3.8) is 0 Å². The number of esters is 1. The van der Waals surface area contributed by atoms with Gasteiger partial charge in [-0.1, -0.05) is 13.8 Å². The van der Waals surface area contributed by atoms with Crippen LogP contribution in [0.3, 0.4) is 0 Å². The van der Waals surface area contributed by atoms with Crippen molar-refractivity contribution in [1.29, 1.82) is 0 Å². The number of barbiturate groups is 1. The van der Waals surface area contributed by atoms with Crippen molar-refractivity contribution in [1.82, 2.24) is 10.6 Å². The average molecular weight is 270 g/mol. The predicted molar refractivity (Wildman–Crippen MR) is 64.8 cm³/mol. The molecule has 0 aliphatic carbocycles. The van der Waals surface area contributed by atoms with Gasteiger partial charge in [-0.25, -0.2) is 4.79 Å². The molecule has 0 radical (unpaired) electrons. The first-order valence-corrected chi connectivity index (χ1v) is 6.27. The van der Waals surface area contributed by atoms with Gasteiger partial charge >= 0.3 is 12.0 Å². The molecule has 0 bridgehead atoms. The van der Waals surface area contributed by atoms with E-state index >= 15 is 0 Å². The van der Waals surface area contributed by atoms with E-state index in [1.807, 2.05) is 10.6 Å². The van der Waals surface area contributed by atoms with Gasteiger partial charge in [-0.3, -0.25) is 25.0 Å². The molecule has 1 rings (SSSR count). The fourth-order valence-electron chi connectivity index (χ4n) is 2.41. The monoisotopic (exact) mass is 270 g/mol. The smallest absolute Gasteiger partial charge is 0.328 e. The summed E-state index contributed by atoms with van der Waals surface area (Å²) in [5.41, 5.74) is -1.59. The Hall–Kier alpha value is -1.92. The van der Waals surface area contributed by atoms with E-state index in [2.05, 4.69) is 0 Å². The number of rotatable bonds is 5. The molecule has 1 fully saturated rings. The summed E-state index contributed by atoms with van der Waals surface area (Å²) in [4.78, 5) is 47.2. The molecule has 4 amide bonds. The molecule has 1 aliphatic heterocycles. The third-order valence-electron chi connectivity index (χ3n) is 3.40. The Bertz CT molecular complexity index is 398. The number of carbonyl (C=O) groups is 4. The third kappa shape index (κ3) is 2.45. The number of carbonyl (C=O) groups excluding carboxylic acids is 4. The van der Waals surface area contributed by atoms with Crippen LogP contribution in [0.4, 0.5) is 4.79 Å². The minimum absolute atomic E-state index is 0.106. The molecule has 1 atom stereocenters. The zero-order valence-corrected chi connectivity index (χ0v) is 11.2. The Labute approximate surface area is 111 Å². The Balaban J connectivity index is 3.19. The first kappa shape index (κ1) is 15.1. The molecule has 7 nitrogen and oxygen atoms in total. The van der Waals surface area contributed by atoms with E-state index in [4.69, 9.17) is 4.74 Å². The molecule has 2 N–H and O–H groups in total. The van der Waals surface area contributed by atoms with Crippen molar-refractivity contribution in [3.8, 4) is 0 Å². The average Bonchev–Trinajstić information content (AvgIpc) is 2.33. The van der Waals surface area contributed by atoms with Crippen LogP contribution < -0.4 is 10.6 Å². The fourth-order valence-corrected chi connectivity index (χ4v) is 2.41. The summed E-state index contributed by atoms with van der Waals surface area (Å²) >= 11 is 0. The van der Waals surface area contributed by atoms with Crippen LogP contribution in [0.25, 0.3) is 0 Å². The van der Waals surface area contributed by atoms with Crippen molar-refractivity contribution in [2.24, 2.45) is 11.3 Å². The van der Waals surface area contributed by atoms with E-state index in [0.29, 0.717) is 0 Å². The lowest BCUT2D eigenvalue weighted by Gasteiger charge is -2.37. The second-order valence-corrected chi connectivity index (χ2v) is 4.28. The molecule has 0 unspecified atom stereocenters. The van der Waals surface area contributed by atoms with Crippen LogP contribution in [-0.2, 0) is 19.1 Å². The van der Waals surface area contributed by atoms with Crippen LogP contribution in [0.15, 0.2) is 0 Å². The Morgan fingerprint density at radius 3 is 2.05 bits per heavy atom. The van der Waals surface area contributed by atoms with Gasteiger partial charge in [0.25, 0.3) is 0 Å². The highest BCUT2D eigenvalue weighted by atomic mass is 16.5. The van der Waals surface area contributed by atoms with Gasteiger partial charge in [0, 0.05) is 0 Å². The standard InChI is InChI=1S/C12H18N2O5/c1-4-7(8(15)19-6-3)12(5-2)9(16)13-11(18)14-10(12)17/h7H,4-6H2,1-3H3,(H2,13,14,16,17,18)/t7-/m1/s1. The van der Waals surface area contributed by atoms with Gasteiger partial charge in [0.05, 0.1) is 12.5 Å². The molecular formula is C12H18N2O5. The van der Waals surface area contributed by atoms with E-state index in [0.717, 1.165) is 0 Å². The van der Waals surface area contributed by atoms with Crippen LogP contribution in [0.1, 0.15) is 33.6 Å². The lowest BCUT2D eigenvalue weighted by molar-refractivity contribution is -0.164. The van der Waals surface area contributed by atoms with Crippen LogP contribution in [0.5, 0.6) is 0 Å². The topological polar surface area (TPSA) is 102 Å². The third-order valence-corrected chi connectivity index (χ3v) is 3.40. The molecule has 0 aromatic carbocycles. The van der Waals surface area contributed by atoms with E-state index in [-0.39, 0.29) is 19.4 Å². The number of ether oxygens (including phenoxy) is 1. The molecule has 106 valence electrons. The minimum Gasteiger partial charge on any atom is -0.466 e. The second-order valence-electron chi connectivity index (χ2n) is 4.28. The van der Waals surface area contributed by atoms with Gasteiger partial charge in [-0.15, -0.1) is 0 Å². The number of nitrogens with one attached hydrogen (secondary N) is 2. The molecule has 7 heteroatoms. The van der Waals surface area contributed by atoms with Gasteiger partial charge in [0.2, 0.25) is 11.8 Å². The van der Waals surface area contributed by atoms with Crippen molar-refractivity contribution in [3.05, 3.63) is 0 Å². The first-order chi connectivity index (χ1) is 8.93. The van der Waals surface area contributed by atoms with Crippen LogP contribution in [0, 0.1) is 11.3 Å². The van der Waals surface area contributed by atoms with E-state index < -0.39 is 35.1 Å². The molecule has 1 heterocycles. The first-order valence-electron chi connectivity index (χ1n) is 6.27. The largest absolute Gasteiger partial charge is 0.466 e. The van der Waals surface area contributed by atoms with Gasteiger partial charge in [-0.2, -0.15) is 0 Å². The number of urea groups is 1. The van der Waals surface area contributed by atoms with Crippen molar-refractivity contribution < 1.29 is 23.9 Å². The maximum absolute atomic E-state index is 12.1. The van der Waals surface area contributed by atoms with Crippen molar-refractivity contribution in [2.45, 2.75) is 33.6 Å². The lowest BCUT2D eigenvalue weighted by atomic mass is 9.69. The number of amides is 4. The summed E-state index contributed by atoms with van der Waals surface area (Å²) in [5.74, 6) is -3.01. The fraction of sp³-hybridized carbons (Fsp3) is 0.667. The molecular weight excluding hydrogens is 252 g/mol. The number of hydrogen-bond donors (Lipinski definition) is 2. The molecule has 19 heavy (non-hydrogen) atoms. The number of hydrogen-bond acceptors (Lipinski definition) is 5. The summed E-state index contributed by atoms with van der Waals surface area (Å²) in [6.07, 6.45) is 0.372. The Kier molecular flexibility index (Phi) is 4.63. The summed E-state index contributed by atoms with van der Waals surface area (Å²) in [6.45, 7) is 5.12. The van der Waals surface area contributed by atoms with E-state index in [9.17, 15) is 19.2 Å². The van der Waals surface area contributed by atoms with E-state index in [1.54, 1.807) is 20.8 Å². The summed E-state index contributed by atoms with van der Waals surface area (Å²) < 4.78 is 4.91. The minimum atomic E-state index is -1.59. The maximum Gasteiger partial charge on any atom is 0.328 e. The van der Waals surface area contributed by atoms with Gasteiger partial charge in [0.15, 0.2) is 0 Å². The molecule has 0 spiro atoms. The SMILES string of the molecule is CCOC(=O)[C@@H](CC)C1(CC)C(=O)NC(=O)NC1=O. The zero-order chi connectivity index (χ0) is 14.6. The molecule has 1 aliphatic rings. The predicted octanol–water partition coefficient (Wildman–Crippen LogP) is 0.338. The zero-order valence-electron chi connectivity index (χ0n) is 11.2. The van der Waals surface area contributed by atoms with Crippen LogP contribution in [0.2, 0.25) is 0 Å². The highest BCUT2D eigenvalue weighted by Gasteiger charge is 2.56. The lowest BCUT2D eigenvalue weighted by Crippen LogP contribution is -2.65. The van der Waals surface area contributed by atoms with Crippen molar-refractivity contribution >= 4 is 23.8 Å². The highest BCUT2D eigenvalue weighted by molar-refractivity contribution is 6.20. The highest BCUT2D eigenvalue weighted by Crippen LogP contribution is 2.37. The number of imide groups is 2. The van der Waals surface area contributed by atoms with Crippen LogP contribution in [-0.4, -0.2) is 30.4 Å². The molecule has 0 saturated carbocycles. The second kappa shape index (κ2) is 5.81. The summed E-state index contributed by atoms with van der Waals surface area (Å²) in [5, 5.41) is 4.09. The van der Waals surface area contributed by atoms with Crippen molar-refractivity contribution in [2.75, 3.05) is 6.61 Å². The maximum atomic E-state index is 12.1. The normalized spacial score (nSPS) is 19.4. The molecule has 0 aromatic rings. The quantitative estimate of drug-likeness (QED) is 0.554. The van der Waals surface area contributed by atoms with E-state index in [1.165, 1.54) is 0 Å². The Morgan fingerprint density at radius 2 is 1.68 bits per heavy atom. The van der Waals surface area contributed by atoms with Gasteiger partial charge < -0.3 is 4.74 Å². The van der Waals surface area contributed by atoms with Crippen LogP contribution >= 0.6 is 0 Å².